The van der Waals surface area contributed by atoms with Gasteiger partial charge in [-0.25, -0.2) is 0 Å². The SMILES string of the molecule is COc1cc(NC(=O)COc2ccc(C(F)(F)F)cc2)c(C(=O)N2CCCC2)cc1OC. The quantitative estimate of drug-likeness (QED) is 0.688. The standard InChI is InChI=1S/C22H23F3N2O5/c1-30-18-11-16(21(29)27-9-3-4-10-27)17(12-19(18)31-2)26-20(28)13-32-15-7-5-14(6-8-15)22(23,24)25/h5-8,11-12H,3-4,9-10,13H2,1-2H3,(H,26,28). The molecule has 7 nitrogen and oxygen atoms in total. The summed E-state index contributed by atoms with van der Waals surface area (Å²) in [6, 6.07) is 7.00. The fourth-order valence-corrected chi connectivity index (χ4v) is 3.33. The highest BCUT2D eigenvalue weighted by Gasteiger charge is 2.30. The van der Waals surface area contributed by atoms with Crippen molar-refractivity contribution in [2.75, 3.05) is 39.2 Å². The van der Waals surface area contributed by atoms with E-state index in [4.69, 9.17) is 14.2 Å². The van der Waals surface area contributed by atoms with Crippen LogP contribution < -0.4 is 19.5 Å². The van der Waals surface area contributed by atoms with Crippen LogP contribution in [0.15, 0.2) is 36.4 Å². The number of rotatable bonds is 7. The second kappa shape index (κ2) is 9.80. The van der Waals surface area contributed by atoms with Gasteiger partial charge in [-0.05, 0) is 43.2 Å². The first kappa shape index (κ1) is 23.2. The van der Waals surface area contributed by atoms with Crippen molar-refractivity contribution in [2.45, 2.75) is 19.0 Å². The summed E-state index contributed by atoms with van der Waals surface area (Å²) in [5, 5.41) is 2.62. The fourth-order valence-electron chi connectivity index (χ4n) is 3.33. The minimum absolute atomic E-state index is 0.105. The number of carbonyl (C=O) groups excluding carboxylic acids is 2. The van der Waals surface area contributed by atoms with E-state index in [0.717, 1.165) is 37.1 Å². The molecule has 0 radical (unpaired) electrons. The third-order valence-electron chi connectivity index (χ3n) is 4.97. The van der Waals surface area contributed by atoms with Crippen LogP contribution in [0, 0.1) is 0 Å². The molecule has 1 heterocycles. The van der Waals surface area contributed by atoms with Gasteiger partial charge in [0.25, 0.3) is 11.8 Å². The first-order chi connectivity index (χ1) is 15.2. The van der Waals surface area contributed by atoms with Gasteiger partial charge in [0.05, 0.1) is 31.0 Å². The monoisotopic (exact) mass is 452 g/mol. The van der Waals surface area contributed by atoms with Crippen molar-refractivity contribution >= 4 is 17.5 Å². The third kappa shape index (κ3) is 5.43. The lowest BCUT2D eigenvalue weighted by Crippen LogP contribution is -2.29. The molecule has 10 heteroatoms. The molecule has 0 aromatic heterocycles. The summed E-state index contributed by atoms with van der Waals surface area (Å²) in [7, 11) is 2.87. The van der Waals surface area contributed by atoms with Crippen LogP contribution >= 0.6 is 0 Å². The van der Waals surface area contributed by atoms with Gasteiger partial charge in [0.15, 0.2) is 18.1 Å². The Morgan fingerprint density at radius 1 is 1.00 bits per heavy atom. The zero-order valence-electron chi connectivity index (χ0n) is 17.6. The average Bonchev–Trinajstić information content (AvgIpc) is 3.31. The van der Waals surface area contributed by atoms with Gasteiger partial charge in [0.2, 0.25) is 0 Å². The summed E-state index contributed by atoms with van der Waals surface area (Å²) >= 11 is 0. The van der Waals surface area contributed by atoms with Gasteiger partial charge in [-0.15, -0.1) is 0 Å². The van der Waals surface area contributed by atoms with Crippen molar-refractivity contribution in [1.29, 1.82) is 0 Å². The molecule has 3 rings (SSSR count). The minimum atomic E-state index is -4.46. The van der Waals surface area contributed by atoms with E-state index >= 15 is 0 Å². The summed E-state index contributed by atoms with van der Waals surface area (Å²) in [5.41, 5.74) is -0.349. The molecule has 1 aliphatic heterocycles. The van der Waals surface area contributed by atoms with Crippen LogP contribution in [0.1, 0.15) is 28.8 Å². The van der Waals surface area contributed by atoms with Crippen LogP contribution in [0.25, 0.3) is 0 Å². The number of hydrogen-bond acceptors (Lipinski definition) is 5. The molecule has 1 N–H and O–H groups in total. The first-order valence-corrected chi connectivity index (χ1v) is 9.88. The second-order valence-electron chi connectivity index (χ2n) is 7.11. The Bertz CT molecular complexity index is 971. The Morgan fingerprint density at radius 3 is 2.16 bits per heavy atom. The molecule has 1 saturated heterocycles. The fraction of sp³-hybridized carbons (Fsp3) is 0.364. The molecule has 32 heavy (non-hydrogen) atoms. The van der Waals surface area contributed by atoms with E-state index in [2.05, 4.69) is 5.32 Å². The average molecular weight is 452 g/mol. The van der Waals surface area contributed by atoms with E-state index in [-0.39, 0.29) is 22.9 Å². The molecule has 0 bridgehead atoms. The predicted octanol–water partition coefficient (Wildman–Crippen LogP) is 3.98. The number of ether oxygens (including phenoxy) is 3. The first-order valence-electron chi connectivity index (χ1n) is 9.88. The van der Waals surface area contributed by atoms with Gasteiger partial charge in [0, 0.05) is 19.2 Å². The smallest absolute Gasteiger partial charge is 0.416 e. The van der Waals surface area contributed by atoms with Gasteiger partial charge in [-0.2, -0.15) is 13.2 Å². The maximum Gasteiger partial charge on any atom is 0.416 e. The zero-order valence-corrected chi connectivity index (χ0v) is 17.6. The van der Waals surface area contributed by atoms with Crippen molar-refractivity contribution < 1.29 is 37.0 Å². The molecule has 0 unspecified atom stereocenters. The molecule has 2 amide bonds. The largest absolute Gasteiger partial charge is 0.493 e. The number of amides is 2. The Morgan fingerprint density at radius 2 is 1.59 bits per heavy atom. The lowest BCUT2D eigenvalue weighted by molar-refractivity contribution is -0.137. The predicted molar refractivity (Wildman–Crippen MR) is 110 cm³/mol. The van der Waals surface area contributed by atoms with Crippen LogP contribution in [0.3, 0.4) is 0 Å². The number of benzene rings is 2. The van der Waals surface area contributed by atoms with Gasteiger partial charge in [0.1, 0.15) is 5.75 Å². The van der Waals surface area contributed by atoms with Gasteiger partial charge in [-0.1, -0.05) is 0 Å². The number of alkyl halides is 3. The van der Waals surface area contributed by atoms with Gasteiger partial charge < -0.3 is 24.4 Å². The summed E-state index contributed by atoms with van der Waals surface area (Å²) < 4.78 is 53.8. The Labute approximate surface area is 183 Å². The molecular weight excluding hydrogens is 429 g/mol. The Hall–Kier alpha value is -3.43. The molecular formula is C22H23F3N2O5. The number of nitrogens with one attached hydrogen (secondary N) is 1. The highest BCUT2D eigenvalue weighted by atomic mass is 19.4. The summed E-state index contributed by atoms with van der Waals surface area (Å²) in [4.78, 5) is 27.1. The van der Waals surface area contributed by atoms with Crippen LogP contribution in [0.5, 0.6) is 17.2 Å². The van der Waals surface area contributed by atoms with E-state index in [1.807, 2.05) is 0 Å². The number of nitrogens with zero attached hydrogens (tertiary/aromatic N) is 1. The number of hydrogen-bond donors (Lipinski definition) is 1. The van der Waals surface area contributed by atoms with E-state index in [1.54, 1.807) is 4.90 Å². The molecule has 2 aromatic rings. The summed E-state index contributed by atoms with van der Waals surface area (Å²) in [6.07, 6.45) is -2.65. The lowest BCUT2D eigenvalue weighted by Gasteiger charge is -2.20. The van der Waals surface area contributed by atoms with Crippen molar-refractivity contribution in [3.63, 3.8) is 0 Å². The van der Waals surface area contributed by atoms with E-state index in [0.29, 0.717) is 24.6 Å². The zero-order chi connectivity index (χ0) is 23.3. The minimum Gasteiger partial charge on any atom is -0.493 e. The van der Waals surface area contributed by atoms with Crippen LogP contribution in [0.4, 0.5) is 18.9 Å². The van der Waals surface area contributed by atoms with Gasteiger partial charge in [-0.3, -0.25) is 9.59 Å². The highest BCUT2D eigenvalue weighted by molar-refractivity contribution is 6.05. The summed E-state index contributed by atoms with van der Waals surface area (Å²) in [6.45, 7) is 0.784. The molecule has 1 fully saturated rings. The molecule has 2 aromatic carbocycles. The van der Waals surface area contributed by atoms with Crippen molar-refractivity contribution in [1.82, 2.24) is 4.90 Å². The lowest BCUT2D eigenvalue weighted by atomic mass is 10.1. The van der Waals surface area contributed by atoms with Crippen LogP contribution in [-0.4, -0.2) is 50.6 Å². The number of anilines is 1. The molecule has 0 atom stereocenters. The van der Waals surface area contributed by atoms with Crippen LogP contribution in [0.2, 0.25) is 0 Å². The maximum absolute atomic E-state index is 13.0. The number of methoxy groups -OCH3 is 2. The molecule has 172 valence electrons. The van der Waals surface area contributed by atoms with E-state index in [9.17, 15) is 22.8 Å². The van der Waals surface area contributed by atoms with Gasteiger partial charge >= 0.3 is 6.18 Å². The third-order valence-corrected chi connectivity index (χ3v) is 4.97. The summed E-state index contributed by atoms with van der Waals surface area (Å²) in [5.74, 6) is -0.0673. The second-order valence-corrected chi connectivity index (χ2v) is 7.11. The molecule has 0 aliphatic carbocycles. The van der Waals surface area contributed by atoms with Crippen LogP contribution in [-0.2, 0) is 11.0 Å². The normalized spacial score (nSPS) is 13.6. The van der Waals surface area contributed by atoms with Crippen molar-refractivity contribution in [2.24, 2.45) is 0 Å². The topological polar surface area (TPSA) is 77.1 Å². The maximum atomic E-state index is 13.0. The Balaban J connectivity index is 1.74. The van der Waals surface area contributed by atoms with E-state index < -0.39 is 24.3 Å². The molecule has 0 saturated carbocycles. The van der Waals surface area contributed by atoms with Crippen molar-refractivity contribution in [3.05, 3.63) is 47.5 Å². The number of likely N-dealkylation sites (tertiary alicyclic amines) is 1. The number of carbonyl (C=O) groups is 2. The molecule has 0 spiro atoms. The number of halogens is 3. The Kier molecular flexibility index (Phi) is 7.12. The molecule has 1 aliphatic rings. The van der Waals surface area contributed by atoms with Crippen molar-refractivity contribution in [3.8, 4) is 17.2 Å². The highest BCUT2D eigenvalue weighted by Crippen LogP contribution is 2.34. The van der Waals surface area contributed by atoms with E-state index in [1.165, 1.54) is 26.4 Å².